The maximum absolute atomic E-state index is 13.1. The molecule has 0 saturated carbocycles. The Labute approximate surface area is 139 Å². The summed E-state index contributed by atoms with van der Waals surface area (Å²) in [5.41, 5.74) is -0.415. The Morgan fingerprint density at radius 3 is 2.42 bits per heavy atom. The SMILES string of the molecule is CC(=CC(=O)N1CCC(C(C)O)CC1)c1ccccc1C(F)(F)F. The predicted molar refractivity (Wildman–Crippen MR) is 86.1 cm³/mol. The molecule has 132 valence electrons. The van der Waals surface area contributed by atoms with Crippen LogP contribution in [0, 0.1) is 5.92 Å². The molecule has 1 unspecified atom stereocenters. The number of nitrogens with zero attached hydrogens (tertiary/aromatic N) is 1. The van der Waals surface area contributed by atoms with E-state index in [2.05, 4.69) is 0 Å². The third kappa shape index (κ3) is 4.38. The van der Waals surface area contributed by atoms with Gasteiger partial charge in [-0.2, -0.15) is 13.2 Å². The number of aliphatic hydroxyl groups is 1. The minimum atomic E-state index is -4.45. The fourth-order valence-corrected chi connectivity index (χ4v) is 3.03. The molecule has 0 radical (unpaired) electrons. The normalized spacial score (nSPS) is 18.6. The number of halogens is 3. The highest BCUT2D eigenvalue weighted by molar-refractivity contribution is 5.95. The summed E-state index contributed by atoms with van der Waals surface area (Å²) in [7, 11) is 0. The molecule has 1 aromatic rings. The number of aliphatic hydroxyl groups excluding tert-OH is 1. The third-order valence-electron chi connectivity index (χ3n) is 4.53. The average Bonchev–Trinajstić information content (AvgIpc) is 2.54. The molecule has 24 heavy (non-hydrogen) atoms. The lowest BCUT2D eigenvalue weighted by atomic mass is 9.92. The molecule has 1 heterocycles. The van der Waals surface area contributed by atoms with Crippen molar-refractivity contribution in [2.45, 2.75) is 39.0 Å². The Balaban J connectivity index is 2.13. The second-order valence-electron chi connectivity index (χ2n) is 6.27. The monoisotopic (exact) mass is 341 g/mol. The highest BCUT2D eigenvalue weighted by atomic mass is 19.4. The van der Waals surface area contributed by atoms with E-state index < -0.39 is 17.8 Å². The standard InChI is InChI=1S/C18H22F3NO2/c1-12(15-5-3-4-6-16(15)18(19,20)21)11-17(24)22-9-7-14(8-10-22)13(2)23/h3-6,11,13-14,23H,7-10H2,1-2H3. The van der Waals surface area contributed by atoms with Gasteiger partial charge < -0.3 is 10.0 Å². The Bertz CT molecular complexity index is 615. The van der Waals surface area contributed by atoms with Crippen LogP contribution in [0.4, 0.5) is 13.2 Å². The molecule has 1 saturated heterocycles. The minimum Gasteiger partial charge on any atom is -0.393 e. The molecule has 1 fully saturated rings. The summed E-state index contributed by atoms with van der Waals surface area (Å²) in [5.74, 6) is -0.112. The van der Waals surface area contributed by atoms with Crippen molar-refractivity contribution in [2.75, 3.05) is 13.1 Å². The quantitative estimate of drug-likeness (QED) is 0.851. The van der Waals surface area contributed by atoms with Gasteiger partial charge in [-0.05, 0) is 49.8 Å². The summed E-state index contributed by atoms with van der Waals surface area (Å²) >= 11 is 0. The zero-order chi connectivity index (χ0) is 17.9. The Kier molecular flexibility index (Phi) is 5.70. The van der Waals surface area contributed by atoms with Crippen LogP contribution in [0.5, 0.6) is 0 Å². The molecule has 0 aliphatic carbocycles. The van der Waals surface area contributed by atoms with Crippen LogP contribution in [-0.4, -0.2) is 35.1 Å². The molecule has 2 rings (SSSR count). The zero-order valence-electron chi connectivity index (χ0n) is 13.8. The van der Waals surface area contributed by atoms with Crippen LogP contribution < -0.4 is 0 Å². The molecule has 6 heteroatoms. The van der Waals surface area contributed by atoms with E-state index in [4.69, 9.17) is 0 Å². The number of allylic oxidation sites excluding steroid dienone is 1. The summed E-state index contributed by atoms with van der Waals surface area (Å²) in [4.78, 5) is 13.9. The lowest BCUT2D eigenvalue weighted by Crippen LogP contribution is -2.40. The zero-order valence-corrected chi connectivity index (χ0v) is 13.8. The van der Waals surface area contributed by atoms with Gasteiger partial charge in [0.25, 0.3) is 0 Å². The van der Waals surface area contributed by atoms with Crippen LogP contribution in [0.2, 0.25) is 0 Å². The van der Waals surface area contributed by atoms with E-state index in [0.717, 1.165) is 6.07 Å². The highest BCUT2D eigenvalue weighted by Gasteiger charge is 2.33. The van der Waals surface area contributed by atoms with Crippen molar-refractivity contribution in [3.8, 4) is 0 Å². The second-order valence-corrected chi connectivity index (χ2v) is 6.27. The number of hydrogen-bond donors (Lipinski definition) is 1. The van der Waals surface area contributed by atoms with Gasteiger partial charge in [-0.1, -0.05) is 18.2 Å². The molecule has 0 aromatic heterocycles. The lowest BCUT2D eigenvalue weighted by Gasteiger charge is -2.32. The average molecular weight is 341 g/mol. The Morgan fingerprint density at radius 1 is 1.29 bits per heavy atom. The van der Waals surface area contributed by atoms with Crippen LogP contribution in [0.1, 0.15) is 37.8 Å². The maximum atomic E-state index is 13.1. The van der Waals surface area contributed by atoms with Gasteiger partial charge in [0.1, 0.15) is 0 Å². The summed E-state index contributed by atoms with van der Waals surface area (Å²) in [5, 5.41) is 9.58. The molecule has 1 atom stereocenters. The molecule has 1 aliphatic rings. The first-order valence-electron chi connectivity index (χ1n) is 8.02. The number of likely N-dealkylation sites (tertiary alicyclic amines) is 1. The Hall–Kier alpha value is -1.82. The summed E-state index contributed by atoms with van der Waals surface area (Å²) in [6.07, 6.45) is -2.18. The van der Waals surface area contributed by atoms with Gasteiger partial charge in [0.15, 0.2) is 0 Å². The van der Waals surface area contributed by atoms with Crippen LogP contribution in [0.25, 0.3) is 5.57 Å². The van der Waals surface area contributed by atoms with Gasteiger partial charge in [-0.3, -0.25) is 4.79 Å². The molecule has 1 aromatic carbocycles. The van der Waals surface area contributed by atoms with Gasteiger partial charge in [-0.15, -0.1) is 0 Å². The van der Waals surface area contributed by atoms with E-state index >= 15 is 0 Å². The number of amides is 1. The second kappa shape index (κ2) is 7.38. The summed E-state index contributed by atoms with van der Waals surface area (Å²) in [6.45, 7) is 4.28. The van der Waals surface area contributed by atoms with Gasteiger partial charge in [0.2, 0.25) is 5.91 Å². The van der Waals surface area contributed by atoms with E-state index in [1.54, 1.807) is 11.8 Å². The van der Waals surface area contributed by atoms with E-state index in [0.29, 0.717) is 31.5 Å². The smallest absolute Gasteiger partial charge is 0.393 e. The van der Waals surface area contributed by atoms with Gasteiger partial charge in [0, 0.05) is 19.2 Å². The topological polar surface area (TPSA) is 40.5 Å². The number of benzene rings is 1. The van der Waals surface area contributed by atoms with Crippen LogP contribution in [-0.2, 0) is 11.0 Å². The third-order valence-corrected chi connectivity index (χ3v) is 4.53. The van der Waals surface area contributed by atoms with Gasteiger partial charge in [0.05, 0.1) is 11.7 Å². The van der Waals surface area contributed by atoms with Crippen molar-refractivity contribution < 1.29 is 23.1 Å². The molecule has 0 bridgehead atoms. The fraction of sp³-hybridized carbons (Fsp3) is 0.500. The first-order chi connectivity index (χ1) is 11.2. The summed E-state index contributed by atoms with van der Waals surface area (Å²) < 4.78 is 39.2. The van der Waals surface area contributed by atoms with Crippen molar-refractivity contribution in [3.63, 3.8) is 0 Å². The molecule has 1 amide bonds. The van der Waals surface area contributed by atoms with Crippen molar-refractivity contribution >= 4 is 11.5 Å². The number of hydrogen-bond acceptors (Lipinski definition) is 2. The molecule has 1 N–H and O–H groups in total. The van der Waals surface area contributed by atoms with E-state index in [1.165, 1.54) is 31.2 Å². The van der Waals surface area contributed by atoms with E-state index in [1.807, 2.05) is 0 Å². The molecular weight excluding hydrogens is 319 g/mol. The van der Waals surface area contributed by atoms with Crippen molar-refractivity contribution in [2.24, 2.45) is 5.92 Å². The molecule has 1 aliphatic heterocycles. The van der Waals surface area contributed by atoms with Crippen LogP contribution in [0.3, 0.4) is 0 Å². The highest BCUT2D eigenvalue weighted by Crippen LogP contribution is 2.34. The number of rotatable bonds is 3. The number of carbonyl (C=O) groups is 1. The minimum absolute atomic E-state index is 0.0252. The van der Waals surface area contributed by atoms with Crippen molar-refractivity contribution in [3.05, 3.63) is 41.5 Å². The summed E-state index contributed by atoms with van der Waals surface area (Å²) in [6, 6.07) is 5.26. The lowest BCUT2D eigenvalue weighted by molar-refractivity contribution is -0.137. The largest absolute Gasteiger partial charge is 0.416 e. The van der Waals surface area contributed by atoms with Crippen LogP contribution in [0.15, 0.2) is 30.3 Å². The Morgan fingerprint density at radius 2 is 1.88 bits per heavy atom. The molecular formula is C18H22F3NO2. The molecule has 3 nitrogen and oxygen atoms in total. The fourth-order valence-electron chi connectivity index (χ4n) is 3.03. The number of carbonyl (C=O) groups excluding carboxylic acids is 1. The van der Waals surface area contributed by atoms with E-state index in [9.17, 15) is 23.1 Å². The van der Waals surface area contributed by atoms with Gasteiger partial charge >= 0.3 is 6.18 Å². The maximum Gasteiger partial charge on any atom is 0.416 e. The van der Waals surface area contributed by atoms with Crippen molar-refractivity contribution in [1.82, 2.24) is 4.90 Å². The van der Waals surface area contributed by atoms with Crippen LogP contribution >= 0.6 is 0 Å². The number of alkyl halides is 3. The number of piperidine rings is 1. The van der Waals surface area contributed by atoms with E-state index in [-0.39, 0.29) is 17.4 Å². The first-order valence-corrected chi connectivity index (χ1v) is 8.02. The van der Waals surface area contributed by atoms with Gasteiger partial charge in [-0.25, -0.2) is 0 Å². The van der Waals surface area contributed by atoms with Crippen molar-refractivity contribution in [1.29, 1.82) is 0 Å². The molecule has 0 spiro atoms. The first kappa shape index (κ1) is 18.5. The predicted octanol–water partition coefficient (Wildman–Crippen LogP) is 3.73.